The summed E-state index contributed by atoms with van der Waals surface area (Å²) in [7, 11) is 0. The molecule has 124 valence electrons. The first kappa shape index (κ1) is 15.5. The normalized spacial score (nSPS) is 16.0. The number of imidazole rings is 1. The Hall–Kier alpha value is -2.38. The summed E-state index contributed by atoms with van der Waals surface area (Å²) in [5.41, 5.74) is 1.27. The zero-order chi connectivity index (χ0) is 16.6. The van der Waals surface area contributed by atoms with Gasteiger partial charge in [0.1, 0.15) is 11.5 Å². The quantitative estimate of drug-likeness (QED) is 0.865. The molecule has 0 spiro atoms. The summed E-state index contributed by atoms with van der Waals surface area (Å²) < 4.78 is 0. The molecule has 3 heterocycles. The number of amides is 1. The van der Waals surface area contributed by atoms with Crippen LogP contribution in [0.15, 0.2) is 6.33 Å². The summed E-state index contributed by atoms with van der Waals surface area (Å²) >= 11 is 0. The Kier molecular flexibility index (Phi) is 3.83. The van der Waals surface area contributed by atoms with Crippen LogP contribution in [0.4, 0.5) is 5.95 Å². The van der Waals surface area contributed by atoms with Crippen LogP contribution < -0.4 is 4.90 Å². The zero-order valence-electron chi connectivity index (χ0n) is 14.1. The summed E-state index contributed by atoms with van der Waals surface area (Å²) in [6.45, 7) is 10.8. The monoisotopic (exact) mass is 317 g/mol. The highest BCUT2D eigenvalue weighted by atomic mass is 16.2. The molecule has 2 N–H and O–H groups in total. The Morgan fingerprint density at radius 1 is 1.22 bits per heavy atom. The van der Waals surface area contributed by atoms with Gasteiger partial charge in [-0.15, -0.1) is 5.10 Å². The lowest BCUT2D eigenvalue weighted by atomic mass is 9.90. The van der Waals surface area contributed by atoms with Crippen molar-refractivity contribution in [3.63, 3.8) is 0 Å². The third-order valence-electron chi connectivity index (χ3n) is 4.03. The lowest BCUT2D eigenvalue weighted by Gasteiger charge is -2.34. The Balaban J connectivity index is 1.68. The van der Waals surface area contributed by atoms with Gasteiger partial charge in [-0.2, -0.15) is 4.98 Å². The van der Waals surface area contributed by atoms with Crippen LogP contribution in [0.25, 0.3) is 0 Å². The van der Waals surface area contributed by atoms with Gasteiger partial charge in [0, 0.05) is 31.6 Å². The van der Waals surface area contributed by atoms with E-state index in [9.17, 15) is 4.79 Å². The molecule has 0 bridgehead atoms. The van der Waals surface area contributed by atoms with Gasteiger partial charge in [-0.05, 0) is 6.92 Å². The first-order chi connectivity index (χ1) is 10.9. The van der Waals surface area contributed by atoms with Crippen LogP contribution in [0.2, 0.25) is 0 Å². The number of aryl methyl sites for hydroxylation is 1. The molecular formula is C15H23N7O. The van der Waals surface area contributed by atoms with Crippen LogP contribution in [0, 0.1) is 6.92 Å². The summed E-state index contributed by atoms with van der Waals surface area (Å²) in [6, 6.07) is 0. The van der Waals surface area contributed by atoms with E-state index in [4.69, 9.17) is 0 Å². The zero-order valence-corrected chi connectivity index (χ0v) is 14.1. The number of aromatic amines is 2. The molecule has 2 aromatic heterocycles. The molecule has 1 aliphatic rings. The molecule has 0 aliphatic carbocycles. The average molecular weight is 317 g/mol. The third kappa shape index (κ3) is 3.06. The number of hydrogen-bond acceptors (Lipinski definition) is 5. The molecule has 0 aromatic carbocycles. The molecule has 0 unspecified atom stereocenters. The third-order valence-corrected chi connectivity index (χ3v) is 4.03. The minimum Gasteiger partial charge on any atom is -0.347 e. The maximum Gasteiger partial charge on any atom is 0.274 e. The number of piperazine rings is 1. The van der Waals surface area contributed by atoms with Gasteiger partial charge >= 0.3 is 0 Å². The molecule has 0 saturated carbocycles. The molecule has 0 radical (unpaired) electrons. The smallest absolute Gasteiger partial charge is 0.274 e. The van der Waals surface area contributed by atoms with Crippen molar-refractivity contribution in [3.05, 3.63) is 23.5 Å². The number of H-pyrrole nitrogens is 2. The lowest BCUT2D eigenvalue weighted by molar-refractivity contribution is 0.0738. The molecule has 1 fully saturated rings. The number of carbonyl (C=O) groups excluding carboxylic acids is 1. The summed E-state index contributed by atoms with van der Waals surface area (Å²) in [4.78, 5) is 28.4. The molecule has 1 amide bonds. The fourth-order valence-corrected chi connectivity index (χ4v) is 2.76. The minimum absolute atomic E-state index is 0.0120. The van der Waals surface area contributed by atoms with Crippen molar-refractivity contribution in [3.8, 4) is 0 Å². The number of rotatable bonds is 2. The second-order valence-electron chi connectivity index (χ2n) is 6.88. The van der Waals surface area contributed by atoms with Crippen molar-refractivity contribution in [2.75, 3.05) is 31.1 Å². The van der Waals surface area contributed by atoms with Gasteiger partial charge in [-0.1, -0.05) is 20.8 Å². The van der Waals surface area contributed by atoms with Crippen molar-refractivity contribution in [1.82, 2.24) is 30.0 Å². The number of carbonyl (C=O) groups is 1. The molecule has 3 rings (SSSR count). The van der Waals surface area contributed by atoms with E-state index in [0.717, 1.165) is 24.6 Å². The Morgan fingerprint density at radius 3 is 2.48 bits per heavy atom. The first-order valence-electron chi connectivity index (χ1n) is 7.83. The van der Waals surface area contributed by atoms with Gasteiger partial charge in [0.25, 0.3) is 5.91 Å². The molecule has 1 aliphatic heterocycles. The van der Waals surface area contributed by atoms with E-state index in [1.807, 2.05) is 11.8 Å². The number of hydrogen-bond donors (Lipinski definition) is 2. The van der Waals surface area contributed by atoms with Crippen molar-refractivity contribution in [1.29, 1.82) is 0 Å². The number of nitrogens with one attached hydrogen (secondary N) is 2. The number of aromatic nitrogens is 5. The SMILES string of the molecule is Cc1nc(N2CCN(C(=O)c3nc[nH]c3C(C)(C)C)CC2)n[nH]1. The minimum atomic E-state index is -0.139. The van der Waals surface area contributed by atoms with E-state index in [1.54, 1.807) is 6.33 Å². The van der Waals surface area contributed by atoms with E-state index in [1.165, 1.54) is 0 Å². The summed E-state index contributed by atoms with van der Waals surface area (Å²) in [5.74, 6) is 1.48. The summed E-state index contributed by atoms with van der Waals surface area (Å²) in [5, 5.41) is 7.02. The topological polar surface area (TPSA) is 93.8 Å². The highest BCUT2D eigenvalue weighted by molar-refractivity contribution is 5.94. The highest BCUT2D eigenvalue weighted by Gasteiger charge is 2.30. The Morgan fingerprint density at radius 2 is 1.91 bits per heavy atom. The van der Waals surface area contributed by atoms with Gasteiger partial charge in [0.2, 0.25) is 5.95 Å². The highest BCUT2D eigenvalue weighted by Crippen LogP contribution is 2.24. The van der Waals surface area contributed by atoms with Crippen LogP contribution in [0.3, 0.4) is 0 Å². The molecule has 2 aromatic rings. The van der Waals surface area contributed by atoms with Crippen LogP contribution in [0.1, 0.15) is 42.8 Å². The van der Waals surface area contributed by atoms with E-state index >= 15 is 0 Å². The first-order valence-corrected chi connectivity index (χ1v) is 7.83. The van der Waals surface area contributed by atoms with Crippen LogP contribution in [-0.2, 0) is 5.41 Å². The van der Waals surface area contributed by atoms with Crippen LogP contribution in [-0.4, -0.2) is 62.1 Å². The largest absolute Gasteiger partial charge is 0.347 e. The van der Waals surface area contributed by atoms with Gasteiger partial charge in [-0.25, -0.2) is 4.98 Å². The Bertz CT molecular complexity index is 689. The van der Waals surface area contributed by atoms with Crippen molar-refractivity contribution < 1.29 is 4.79 Å². The summed E-state index contributed by atoms with van der Waals surface area (Å²) in [6.07, 6.45) is 1.60. The Labute approximate surface area is 135 Å². The average Bonchev–Trinajstić information content (AvgIpc) is 3.15. The maximum atomic E-state index is 12.8. The molecular weight excluding hydrogens is 294 g/mol. The fraction of sp³-hybridized carbons (Fsp3) is 0.600. The fourth-order valence-electron chi connectivity index (χ4n) is 2.76. The van der Waals surface area contributed by atoms with Crippen LogP contribution in [0.5, 0.6) is 0 Å². The predicted octanol–water partition coefficient (Wildman–Crippen LogP) is 1.10. The standard InChI is InChI=1S/C15H23N7O/c1-10-18-14(20-19-10)22-7-5-21(6-8-22)13(23)11-12(15(2,3)4)17-9-16-11/h9H,5-8H2,1-4H3,(H,16,17)(H,18,19,20). The van der Waals surface area contributed by atoms with Crippen molar-refractivity contribution in [2.24, 2.45) is 0 Å². The predicted molar refractivity (Wildman–Crippen MR) is 86.5 cm³/mol. The van der Waals surface area contributed by atoms with E-state index in [-0.39, 0.29) is 11.3 Å². The molecule has 23 heavy (non-hydrogen) atoms. The molecule has 1 saturated heterocycles. The molecule has 8 nitrogen and oxygen atoms in total. The van der Waals surface area contributed by atoms with Crippen molar-refractivity contribution in [2.45, 2.75) is 33.1 Å². The number of nitrogens with zero attached hydrogens (tertiary/aromatic N) is 5. The molecule has 0 atom stereocenters. The number of anilines is 1. The van der Waals surface area contributed by atoms with E-state index in [2.05, 4.69) is 50.8 Å². The van der Waals surface area contributed by atoms with Gasteiger partial charge in [0.05, 0.1) is 12.0 Å². The van der Waals surface area contributed by atoms with Gasteiger partial charge in [0.15, 0.2) is 0 Å². The van der Waals surface area contributed by atoms with Crippen molar-refractivity contribution >= 4 is 11.9 Å². The lowest BCUT2D eigenvalue weighted by Crippen LogP contribution is -2.49. The second-order valence-corrected chi connectivity index (χ2v) is 6.88. The van der Waals surface area contributed by atoms with Gasteiger partial charge in [-0.3, -0.25) is 9.89 Å². The van der Waals surface area contributed by atoms with E-state index in [0.29, 0.717) is 24.7 Å². The maximum absolute atomic E-state index is 12.8. The van der Waals surface area contributed by atoms with E-state index < -0.39 is 0 Å². The molecule has 8 heteroatoms. The van der Waals surface area contributed by atoms with Crippen LogP contribution >= 0.6 is 0 Å². The second kappa shape index (κ2) is 5.68. The van der Waals surface area contributed by atoms with Gasteiger partial charge < -0.3 is 14.8 Å².